The van der Waals surface area contributed by atoms with Crippen molar-refractivity contribution >= 4 is 0 Å². The third-order valence-electron chi connectivity index (χ3n) is 2.81. The van der Waals surface area contributed by atoms with Gasteiger partial charge in [-0.1, -0.05) is 6.92 Å². The van der Waals surface area contributed by atoms with Crippen LogP contribution >= 0.6 is 0 Å². The number of rotatable bonds is 3. The fourth-order valence-corrected chi connectivity index (χ4v) is 1.50. The molecule has 0 radical (unpaired) electrons. The second-order valence-electron chi connectivity index (χ2n) is 3.87. The molecule has 2 N–H and O–H groups in total. The molecule has 0 aliphatic heterocycles. The minimum Gasteiger partial charge on any atom is -0.423 e. The molecule has 0 bridgehead atoms. The van der Waals surface area contributed by atoms with Crippen LogP contribution in [0.3, 0.4) is 0 Å². The molecule has 1 aliphatic carbocycles. The topological polar surface area (TPSA) is 64.9 Å². The molecule has 0 amide bonds. The Hall–Kier alpha value is -0.900. The van der Waals surface area contributed by atoms with Crippen molar-refractivity contribution in [3.8, 4) is 0 Å². The molecular formula is C9H15N3O. The van der Waals surface area contributed by atoms with E-state index in [0.717, 1.165) is 12.3 Å². The summed E-state index contributed by atoms with van der Waals surface area (Å²) in [6.07, 6.45) is 3.42. The minimum absolute atomic E-state index is 0.158. The highest BCUT2D eigenvalue weighted by molar-refractivity contribution is 5.14. The van der Waals surface area contributed by atoms with E-state index in [1.165, 1.54) is 12.8 Å². The van der Waals surface area contributed by atoms with Crippen LogP contribution in [0.15, 0.2) is 4.42 Å². The predicted octanol–water partition coefficient (Wildman–Crippen LogP) is 1.53. The SMILES string of the molecule is CCC1(c2nnc(C(C)N)o2)CC1. The molecule has 1 atom stereocenters. The highest BCUT2D eigenvalue weighted by Gasteiger charge is 2.47. The van der Waals surface area contributed by atoms with Crippen molar-refractivity contribution in [1.82, 2.24) is 10.2 Å². The van der Waals surface area contributed by atoms with Crippen molar-refractivity contribution in [2.75, 3.05) is 0 Å². The quantitative estimate of drug-likeness (QED) is 0.768. The summed E-state index contributed by atoms with van der Waals surface area (Å²) in [5.41, 5.74) is 5.83. The zero-order valence-electron chi connectivity index (χ0n) is 8.08. The lowest BCUT2D eigenvalue weighted by Crippen LogP contribution is -2.05. The van der Waals surface area contributed by atoms with Crippen molar-refractivity contribution in [3.63, 3.8) is 0 Å². The highest BCUT2D eigenvalue weighted by Crippen LogP contribution is 2.50. The van der Waals surface area contributed by atoms with Gasteiger partial charge in [0.2, 0.25) is 11.8 Å². The van der Waals surface area contributed by atoms with Crippen LogP contribution in [0.25, 0.3) is 0 Å². The van der Waals surface area contributed by atoms with Crippen LogP contribution in [0, 0.1) is 0 Å². The average Bonchev–Trinajstić information content (AvgIpc) is 2.75. The third kappa shape index (κ3) is 1.35. The van der Waals surface area contributed by atoms with Gasteiger partial charge in [-0.25, -0.2) is 0 Å². The summed E-state index contributed by atoms with van der Waals surface area (Å²) in [6, 6.07) is -0.158. The van der Waals surface area contributed by atoms with Crippen LogP contribution in [0.2, 0.25) is 0 Å². The first-order chi connectivity index (χ1) is 6.18. The molecule has 0 aromatic carbocycles. The molecule has 13 heavy (non-hydrogen) atoms. The van der Waals surface area contributed by atoms with E-state index >= 15 is 0 Å². The summed E-state index contributed by atoms with van der Waals surface area (Å²) in [7, 11) is 0. The predicted molar refractivity (Wildman–Crippen MR) is 48.1 cm³/mol. The first-order valence-electron chi connectivity index (χ1n) is 4.77. The second-order valence-corrected chi connectivity index (χ2v) is 3.87. The minimum atomic E-state index is -0.158. The van der Waals surface area contributed by atoms with Crippen molar-refractivity contribution in [2.45, 2.75) is 44.6 Å². The zero-order valence-corrected chi connectivity index (χ0v) is 8.08. The third-order valence-corrected chi connectivity index (χ3v) is 2.81. The van der Waals surface area contributed by atoms with Crippen LogP contribution in [-0.4, -0.2) is 10.2 Å². The Labute approximate surface area is 77.5 Å². The summed E-state index contributed by atoms with van der Waals surface area (Å²) in [5, 5.41) is 7.97. The molecule has 1 aromatic heterocycles. The van der Waals surface area contributed by atoms with E-state index < -0.39 is 0 Å². The van der Waals surface area contributed by atoms with E-state index in [0.29, 0.717) is 5.89 Å². The molecule has 1 saturated carbocycles. The summed E-state index contributed by atoms with van der Waals surface area (Å²) < 4.78 is 5.52. The number of aromatic nitrogens is 2. The van der Waals surface area contributed by atoms with Gasteiger partial charge in [-0.15, -0.1) is 10.2 Å². The zero-order chi connectivity index (χ0) is 9.47. The first kappa shape index (κ1) is 8.69. The van der Waals surface area contributed by atoms with Crippen LogP contribution in [0.4, 0.5) is 0 Å². The van der Waals surface area contributed by atoms with E-state index in [1.807, 2.05) is 6.92 Å². The Kier molecular flexibility index (Phi) is 1.87. The molecule has 1 unspecified atom stereocenters. The van der Waals surface area contributed by atoms with E-state index in [-0.39, 0.29) is 11.5 Å². The van der Waals surface area contributed by atoms with Gasteiger partial charge in [0.25, 0.3) is 0 Å². The van der Waals surface area contributed by atoms with Gasteiger partial charge in [0.1, 0.15) is 0 Å². The van der Waals surface area contributed by atoms with Crippen molar-refractivity contribution in [1.29, 1.82) is 0 Å². The molecule has 4 nitrogen and oxygen atoms in total. The van der Waals surface area contributed by atoms with Gasteiger partial charge in [0, 0.05) is 5.41 Å². The summed E-state index contributed by atoms with van der Waals surface area (Å²) in [6.45, 7) is 4.01. The largest absolute Gasteiger partial charge is 0.423 e. The normalized spacial score (nSPS) is 21.5. The molecule has 1 aliphatic rings. The lowest BCUT2D eigenvalue weighted by Gasteiger charge is -2.04. The van der Waals surface area contributed by atoms with Crippen molar-refractivity contribution in [3.05, 3.63) is 11.8 Å². The van der Waals surface area contributed by atoms with Crippen LogP contribution in [-0.2, 0) is 5.41 Å². The lowest BCUT2D eigenvalue weighted by atomic mass is 10.0. The van der Waals surface area contributed by atoms with Crippen LogP contribution in [0.5, 0.6) is 0 Å². The Morgan fingerprint density at radius 1 is 1.54 bits per heavy atom. The molecule has 4 heteroatoms. The molecule has 2 rings (SSSR count). The maximum absolute atomic E-state index is 5.64. The summed E-state index contributed by atoms with van der Waals surface area (Å²) in [5.74, 6) is 1.33. The molecule has 0 saturated heterocycles. The van der Waals surface area contributed by atoms with E-state index in [9.17, 15) is 0 Å². The maximum Gasteiger partial charge on any atom is 0.232 e. The molecule has 0 spiro atoms. The Bertz CT molecular complexity index is 302. The highest BCUT2D eigenvalue weighted by atomic mass is 16.4. The smallest absolute Gasteiger partial charge is 0.232 e. The van der Waals surface area contributed by atoms with E-state index in [4.69, 9.17) is 10.2 Å². The fraction of sp³-hybridized carbons (Fsp3) is 0.778. The van der Waals surface area contributed by atoms with Gasteiger partial charge in [-0.05, 0) is 26.2 Å². The molecule has 1 fully saturated rings. The van der Waals surface area contributed by atoms with Gasteiger partial charge >= 0.3 is 0 Å². The standard InChI is InChI=1S/C9H15N3O/c1-3-9(4-5-9)8-12-11-7(13-8)6(2)10/h6H,3-5,10H2,1-2H3. The number of hydrogen-bond acceptors (Lipinski definition) is 4. The Balaban J connectivity index is 2.23. The number of nitrogens with zero attached hydrogens (tertiary/aromatic N) is 2. The van der Waals surface area contributed by atoms with Gasteiger partial charge in [-0.3, -0.25) is 0 Å². The summed E-state index contributed by atoms with van der Waals surface area (Å²) >= 11 is 0. The molecular weight excluding hydrogens is 166 g/mol. The Morgan fingerprint density at radius 2 is 2.23 bits per heavy atom. The van der Waals surface area contributed by atoms with Gasteiger partial charge < -0.3 is 10.2 Å². The van der Waals surface area contributed by atoms with E-state index in [2.05, 4.69) is 17.1 Å². The number of nitrogens with two attached hydrogens (primary N) is 1. The lowest BCUT2D eigenvalue weighted by molar-refractivity contribution is 0.385. The Morgan fingerprint density at radius 3 is 2.62 bits per heavy atom. The van der Waals surface area contributed by atoms with Crippen molar-refractivity contribution < 1.29 is 4.42 Å². The van der Waals surface area contributed by atoms with Crippen LogP contribution in [0.1, 0.15) is 50.9 Å². The molecule has 1 aromatic rings. The molecule has 72 valence electrons. The maximum atomic E-state index is 5.64. The number of hydrogen-bond donors (Lipinski definition) is 1. The summed E-state index contributed by atoms with van der Waals surface area (Å²) in [4.78, 5) is 0. The average molecular weight is 181 g/mol. The monoisotopic (exact) mass is 181 g/mol. The van der Waals surface area contributed by atoms with E-state index in [1.54, 1.807) is 0 Å². The van der Waals surface area contributed by atoms with Gasteiger partial charge in [-0.2, -0.15) is 0 Å². The van der Waals surface area contributed by atoms with Crippen molar-refractivity contribution in [2.24, 2.45) is 5.73 Å². The van der Waals surface area contributed by atoms with Crippen LogP contribution < -0.4 is 5.73 Å². The fourth-order valence-electron chi connectivity index (χ4n) is 1.50. The van der Waals surface area contributed by atoms with Gasteiger partial charge in [0.15, 0.2) is 0 Å². The first-order valence-corrected chi connectivity index (χ1v) is 4.77. The van der Waals surface area contributed by atoms with Gasteiger partial charge in [0.05, 0.1) is 6.04 Å². The second kappa shape index (κ2) is 2.80. The molecule has 1 heterocycles.